The molecular weight excluding hydrogens is 716 g/mol. The summed E-state index contributed by atoms with van der Waals surface area (Å²) in [7, 11) is 0. The predicted molar refractivity (Wildman–Crippen MR) is 198 cm³/mol. The predicted octanol–water partition coefficient (Wildman–Crippen LogP) is 1.05. The first kappa shape index (κ1) is 36.9. The molecule has 1 fully saturated rings. The minimum Gasteiger partial charge on any atom is -0.508 e. The monoisotopic (exact) mass is 756 g/mol. The zero-order chi connectivity index (χ0) is 39.1. The summed E-state index contributed by atoms with van der Waals surface area (Å²) in [5.41, 5.74) is 11.7. The molecule has 2 amide bonds. The van der Waals surface area contributed by atoms with Crippen LogP contribution in [0.3, 0.4) is 0 Å². The second-order valence-corrected chi connectivity index (χ2v) is 13.7. The number of phenolic OH excluding ortho intramolecular Hbond substituents is 1. The molecule has 18 heteroatoms. The molecule has 4 aliphatic heterocycles. The fraction of sp³-hybridized carbons (Fsp3) is 0.351. The maximum absolute atomic E-state index is 13.2. The van der Waals surface area contributed by atoms with Crippen molar-refractivity contribution >= 4 is 40.9 Å². The number of aromatic hydroxyl groups is 1. The Hall–Kier alpha value is -6.40. The van der Waals surface area contributed by atoms with Gasteiger partial charge in [0.25, 0.3) is 5.91 Å². The second-order valence-electron chi connectivity index (χ2n) is 13.7. The normalized spacial score (nSPS) is 20.9. The first-order chi connectivity index (χ1) is 26.3. The Kier molecular flexibility index (Phi) is 9.70. The number of nitrogens with zero attached hydrogens (tertiary/aromatic N) is 3. The van der Waals surface area contributed by atoms with Crippen molar-refractivity contribution in [2.45, 2.75) is 55.6 Å². The SMILES string of the molecule is NC1=N[C@H]2[C@H](COC(=O)NCCCCCCNC(=O)c3ccc(C(=O)O)c(-c4c5ccc(=O)cc-5oc5cc(O)ccc45)c3)N=C(N)N3CCC(O)(O)[C@]23N1. The number of nitrogens with one attached hydrogen (secondary N) is 3. The maximum Gasteiger partial charge on any atom is 0.407 e. The Morgan fingerprint density at radius 2 is 1.73 bits per heavy atom. The number of guanidine groups is 2. The number of carboxylic acids is 1. The highest BCUT2D eigenvalue weighted by molar-refractivity contribution is 6.09. The average molecular weight is 757 g/mol. The standard InChI is InChI=1S/C37H40N8O10/c38-33-43-30-26(42-34(39)45-14-11-36(52,53)37(30,45)44-33)18-54-35(51)41-13-4-2-1-3-12-40-31(48)19-5-8-22(32(49)50)25(15-19)29-23-9-6-20(46)16-27(23)55-28-17-21(47)7-10-24(28)29/h5-10,15-17,26,30,46,52-53H,1-4,11-14,18H2,(H2,39,42)(H,40,48)(H,41,51)(H,49,50)(H3,38,43,44)/t26-,30-,37-/m0/s1. The number of fused-ring (bicyclic) bond motifs is 2. The summed E-state index contributed by atoms with van der Waals surface area (Å²) in [5.74, 6) is -3.65. The van der Waals surface area contributed by atoms with Gasteiger partial charge in [-0.05, 0) is 60.9 Å². The molecule has 1 spiro atoms. The minimum atomic E-state index is -2.20. The third-order valence-corrected chi connectivity index (χ3v) is 10.2. The number of hydrogen-bond donors (Lipinski definition) is 9. The summed E-state index contributed by atoms with van der Waals surface area (Å²) in [4.78, 5) is 60.3. The van der Waals surface area contributed by atoms with E-state index < -0.39 is 41.5 Å². The lowest BCUT2D eigenvalue weighted by atomic mass is 9.87. The van der Waals surface area contributed by atoms with Crippen LogP contribution in [0.1, 0.15) is 52.8 Å². The number of rotatable bonds is 12. The first-order valence-corrected chi connectivity index (χ1v) is 17.7. The molecule has 0 radical (unpaired) electrons. The number of alkyl carbamates (subject to hydrolysis) is 1. The van der Waals surface area contributed by atoms with Gasteiger partial charge < -0.3 is 61.9 Å². The number of carboxylic acid groups (broad SMARTS) is 1. The molecule has 0 aromatic heterocycles. The third-order valence-electron chi connectivity index (χ3n) is 10.2. The zero-order valence-corrected chi connectivity index (χ0v) is 29.4. The largest absolute Gasteiger partial charge is 0.508 e. The van der Waals surface area contributed by atoms with Crippen LogP contribution in [-0.2, 0) is 4.74 Å². The van der Waals surface area contributed by atoms with Crippen LogP contribution < -0.4 is 32.8 Å². The van der Waals surface area contributed by atoms with E-state index in [0.717, 1.165) is 12.8 Å². The van der Waals surface area contributed by atoms with Crippen molar-refractivity contribution in [3.63, 3.8) is 0 Å². The van der Waals surface area contributed by atoms with Crippen LogP contribution in [0.2, 0.25) is 0 Å². The van der Waals surface area contributed by atoms with Crippen LogP contribution >= 0.6 is 0 Å². The van der Waals surface area contributed by atoms with Crippen LogP contribution in [0.4, 0.5) is 4.79 Å². The molecule has 0 bridgehead atoms. The highest BCUT2D eigenvalue weighted by Crippen LogP contribution is 2.45. The Labute approximate surface area is 312 Å². The first-order valence-electron chi connectivity index (χ1n) is 17.7. The van der Waals surface area contributed by atoms with E-state index in [9.17, 15) is 39.6 Å². The molecule has 3 atom stereocenters. The molecule has 1 saturated heterocycles. The smallest absolute Gasteiger partial charge is 0.407 e. The molecule has 288 valence electrons. The van der Waals surface area contributed by atoms with Gasteiger partial charge in [-0.15, -0.1) is 0 Å². The summed E-state index contributed by atoms with van der Waals surface area (Å²) in [6, 6.07) is 11.2. The van der Waals surface area contributed by atoms with E-state index in [1.165, 1.54) is 47.4 Å². The van der Waals surface area contributed by atoms with E-state index in [-0.39, 0.29) is 70.7 Å². The van der Waals surface area contributed by atoms with Crippen LogP contribution in [-0.4, -0.2) is 105 Å². The number of aliphatic hydroxyl groups is 2. The van der Waals surface area contributed by atoms with Crippen LogP contribution in [0.5, 0.6) is 5.75 Å². The van der Waals surface area contributed by atoms with Crippen LogP contribution in [0.15, 0.2) is 73.8 Å². The highest BCUT2D eigenvalue weighted by atomic mass is 16.5. The van der Waals surface area contributed by atoms with Gasteiger partial charge in [0.1, 0.15) is 35.8 Å². The number of nitrogens with two attached hydrogens (primary N) is 2. The van der Waals surface area contributed by atoms with Gasteiger partial charge in [0, 0.05) is 60.3 Å². The van der Waals surface area contributed by atoms with Crippen molar-refractivity contribution in [2.24, 2.45) is 21.5 Å². The molecule has 55 heavy (non-hydrogen) atoms. The van der Waals surface area contributed by atoms with E-state index in [2.05, 4.69) is 25.9 Å². The molecule has 11 N–H and O–H groups in total. The number of carbonyl (C=O) groups excluding carboxylic acids is 2. The molecule has 7 rings (SSSR count). The summed E-state index contributed by atoms with van der Waals surface area (Å²) in [6.07, 6.45) is 2.07. The van der Waals surface area contributed by atoms with Crippen molar-refractivity contribution in [1.29, 1.82) is 0 Å². The number of aliphatic imine (C=N–C) groups is 2. The zero-order valence-electron chi connectivity index (χ0n) is 29.4. The molecule has 2 aromatic carbocycles. The Morgan fingerprint density at radius 3 is 2.49 bits per heavy atom. The molecular formula is C37H40N8O10. The van der Waals surface area contributed by atoms with Crippen molar-refractivity contribution in [1.82, 2.24) is 20.9 Å². The number of aromatic carboxylic acids is 1. The highest BCUT2D eigenvalue weighted by Gasteiger charge is 2.69. The Balaban J connectivity index is 0.898. The lowest BCUT2D eigenvalue weighted by Crippen LogP contribution is -2.76. The molecule has 1 aliphatic carbocycles. The number of carbonyl (C=O) groups is 3. The number of ether oxygens (including phenoxy) is 1. The van der Waals surface area contributed by atoms with E-state index >= 15 is 0 Å². The van der Waals surface area contributed by atoms with E-state index in [0.29, 0.717) is 42.4 Å². The van der Waals surface area contributed by atoms with Gasteiger partial charge in [0.2, 0.25) is 5.79 Å². The number of benzene rings is 3. The van der Waals surface area contributed by atoms with Gasteiger partial charge in [0.05, 0.1) is 5.56 Å². The van der Waals surface area contributed by atoms with Crippen molar-refractivity contribution in [3.8, 4) is 28.2 Å². The summed E-state index contributed by atoms with van der Waals surface area (Å²) in [5, 5.41) is 50.6. The quantitative estimate of drug-likeness (QED) is 0.0555. The molecule has 0 unspecified atom stereocenters. The van der Waals surface area contributed by atoms with Crippen molar-refractivity contribution in [3.05, 3.63) is 75.9 Å². The molecule has 2 aromatic rings. The summed E-state index contributed by atoms with van der Waals surface area (Å²) in [6.45, 7) is 0.681. The van der Waals surface area contributed by atoms with E-state index in [4.69, 9.17) is 20.6 Å². The Bertz CT molecular complexity index is 2270. The third kappa shape index (κ3) is 6.81. The van der Waals surface area contributed by atoms with Crippen LogP contribution in [0.25, 0.3) is 33.4 Å². The number of unbranched alkanes of at least 4 members (excludes halogenated alkanes) is 3. The fourth-order valence-electron chi connectivity index (χ4n) is 7.60. The average Bonchev–Trinajstić information content (AvgIpc) is 3.64. The molecule has 5 aliphatic rings. The topological polar surface area (TPSA) is 288 Å². The van der Waals surface area contributed by atoms with E-state index in [1.54, 1.807) is 12.1 Å². The fourth-order valence-corrected chi connectivity index (χ4v) is 7.60. The summed E-state index contributed by atoms with van der Waals surface area (Å²) >= 11 is 0. The van der Waals surface area contributed by atoms with Gasteiger partial charge in [-0.2, -0.15) is 0 Å². The second kappa shape index (κ2) is 14.4. The van der Waals surface area contributed by atoms with Crippen LogP contribution in [0, 0.1) is 0 Å². The molecule has 18 nitrogen and oxygen atoms in total. The van der Waals surface area contributed by atoms with Gasteiger partial charge in [-0.3, -0.25) is 9.59 Å². The van der Waals surface area contributed by atoms with Gasteiger partial charge in [0.15, 0.2) is 23.0 Å². The number of amides is 2. The lowest BCUT2D eigenvalue weighted by Gasteiger charge is -2.48. The van der Waals surface area contributed by atoms with Gasteiger partial charge in [-0.1, -0.05) is 12.8 Å². The minimum absolute atomic E-state index is 0.000899. The summed E-state index contributed by atoms with van der Waals surface area (Å²) < 4.78 is 11.3. The maximum atomic E-state index is 13.2. The Morgan fingerprint density at radius 1 is 0.964 bits per heavy atom. The molecule has 4 heterocycles. The van der Waals surface area contributed by atoms with Crippen molar-refractivity contribution < 1.29 is 44.0 Å². The lowest BCUT2D eigenvalue weighted by molar-refractivity contribution is -0.221. The van der Waals surface area contributed by atoms with Crippen molar-refractivity contribution in [2.75, 3.05) is 26.2 Å². The molecule has 0 saturated carbocycles. The number of hydrogen-bond acceptors (Lipinski definition) is 15. The number of phenols is 1. The van der Waals surface area contributed by atoms with Gasteiger partial charge >= 0.3 is 12.1 Å². The van der Waals surface area contributed by atoms with Gasteiger partial charge in [-0.25, -0.2) is 19.6 Å². The van der Waals surface area contributed by atoms with E-state index in [1.807, 2.05) is 0 Å².